The average Bonchev–Trinajstić information content (AvgIpc) is 3.13. The van der Waals surface area contributed by atoms with Crippen LogP contribution in [0.1, 0.15) is 37.9 Å². The van der Waals surface area contributed by atoms with Crippen molar-refractivity contribution in [3.63, 3.8) is 0 Å². The molecule has 0 bridgehead atoms. The van der Waals surface area contributed by atoms with Crippen LogP contribution in [0.25, 0.3) is 11.3 Å². The van der Waals surface area contributed by atoms with Gasteiger partial charge in [0.2, 0.25) is 0 Å². The summed E-state index contributed by atoms with van der Waals surface area (Å²) < 4.78 is 6.08. The normalized spacial score (nSPS) is 19.6. The molecule has 0 unspecified atom stereocenters. The molecule has 0 radical (unpaired) electrons. The molecular weight excluding hydrogens is 383 g/mol. The van der Waals surface area contributed by atoms with Gasteiger partial charge in [-0.1, -0.05) is 23.2 Å². The molecule has 0 spiro atoms. The quantitative estimate of drug-likeness (QED) is 0.699. The van der Waals surface area contributed by atoms with Crippen molar-refractivity contribution in [2.24, 2.45) is 0 Å². The first-order chi connectivity index (χ1) is 13.0. The lowest BCUT2D eigenvalue weighted by Crippen LogP contribution is -2.31. The Morgan fingerprint density at radius 2 is 2.00 bits per heavy atom. The minimum Gasteiger partial charge on any atom is -0.460 e. The smallest absolute Gasteiger partial charge is 0.161 e. The first-order valence-corrected chi connectivity index (χ1v) is 9.44. The van der Waals surface area contributed by atoms with E-state index in [0.717, 1.165) is 29.8 Å². The Hall–Kier alpha value is -2.48. The number of furan rings is 1. The Balaban J connectivity index is 1.81. The lowest BCUT2D eigenvalue weighted by Gasteiger charge is -2.31. The van der Waals surface area contributed by atoms with Gasteiger partial charge in [0.15, 0.2) is 5.78 Å². The number of halogens is 2. The van der Waals surface area contributed by atoms with Crippen LogP contribution < -0.4 is 5.32 Å². The van der Waals surface area contributed by atoms with Crippen LogP contribution in [-0.2, 0) is 4.79 Å². The zero-order valence-corrected chi connectivity index (χ0v) is 16.1. The number of ketones is 1. The summed E-state index contributed by atoms with van der Waals surface area (Å²) in [6.45, 7) is 1.86. The van der Waals surface area contributed by atoms with Gasteiger partial charge in [-0.15, -0.1) is 0 Å². The molecule has 2 aliphatic rings. The number of hydrogen-bond donors (Lipinski definition) is 1. The molecule has 1 atom stereocenters. The van der Waals surface area contributed by atoms with Crippen molar-refractivity contribution < 1.29 is 9.21 Å². The zero-order chi connectivity index (χ0) is 19.1. The van der Waals surface area contributed by atoms with Crippen molar-refractivity contribution in [1.82, 2.24) is 5.32 Å². The Morgan fingerprint density at radius 3 is 2.74 bits per heavy atom. The van der Waals surface area contributed by atoms with E-state index >= 15 is 0 Å². The van der Waals surface area contributed by atoms with E-state index in [1.54, 1.807) is 12.1 Å². The van der Waals surface area contributed by atoms with Gasteiger partial charge in [0.1, 0.15) is 11.5 Å². The fraction of sp³-hybridized carbons (Fsp3) is 0.238. The first-order valence-electron chi connectivity index (χ1n) is 8.69. The molecule has 2 heterocycles. The molecule has 27 heavy (non-hydrogen) atoms. The highest BCUT2D eigenvalue weighted by atomic mass is 35.5. The van der Waals surface area contributed by atoms with E-state index in [1.165, 1.54) is 0 Å². The van der Waals surface area contributed by atoms with E-state index in [4.69, 9.17) is 27.6 Å². The van der Waals surface area contributed by atoms with E-state index in [-0.39, 0.29) is 5.78 Å². The summed E-state index contributed by atoms with van der Waals surface area (Å²) >= 11 is 12.1. The van der Waals surface area contributed by atoms with Crippen LogP contribution in [-0.4, -0.2) is 5.78 Å². The Kier molecular flexibility index (Phi) is 4.59. The lowest BCUT2D eigenvalue weighted by atomic mass is 9.78. The molecule has 136 valence electrons. The molecule has 4 rings (SSSR count). The Labute approximate surface area is 167 Å². The lowest BCUT2D eigenvalue weighted by molar-refractivity contribution is -0.116. The maximum absolute atomic E-state index is 12.6. The molecule has 0 saturated heterocycles. The van der Waals surface area contributed by atoms with Gasteiger partial charge in [-0.3, -0.25) is 4.79 Å². The van der Waals surface area contributed by atoms with Gasteiger partial charge < -0.3 is 9.73 Å². The summed E-state index contributed by atoms with van der Waals surface area (Å²) in [7, 11) is 0. The topological polar surface area (TPSA) is 66.0 Å². The summed E-state index contributed by atoms with van der Waals surface area (Å²) in [4.78, 5) is 12.6. The second kappa shape index (κ2) is 6.92. The maximum Gasteiger partial charge on any atom is 0.161 e. The molecule has 1 aromatic heterocycles. The van der Waals surface area contributed by atoms with Gasteiger partial charge in [0.05, 0.1) is 27.6 Å². The highest BCUT2D eigenvalue weighted by Crippen LogP contribution is 2.43. The average molecular weight is 399 g/mol. The van der Waals surface area contributed by atoms with Crippen molar-refractivity contribution >= 4 is 29.0 Å². The number of carbonyl (C=O) groups is 1. The standard InChI is InChI=1S/C21H16Cl2N2O2/c1-11-13(10-24)20(21-16(25-11)3-2-4-17(21)26)19-8-7-18(27-19)12-5-6-14(22)15(23)9-12/h5-9,20,25H,2-4H2,1H3/t20-/m1/s1. The summed E-state index contributed by atoms with van der Waals surface area (Å²) in [5.41, 5.74) is 3.62. The van der Waals surface area contributed by atoms with E-state index < -0.39 is 5.92 Å². The molecule has 1 aliphatic heterocycles. The van der Waals surface area contributed by atoms with Crippen LogP contribution in [0.5, 0.6) is 0 Å². The third-order valence-corrected chi connectivity index (χ3v) is 5.75. The zero-order valence-electron chi connectivity index (χ0n) is 14.6. The molecule has 4 nitrogen and oxygen atoms in total. The molecule has 1 aliphatic carbocycles. The maximum atomic E-state index is 12.6. The SMILES string of the molecule is CC1=C(C#N)[C@H](c2ccc(-c3ccc(Cl)c(Cl)c3)o2)C2=C(CCCC2=O)N1. The van der Waals surface area contributed by atoms with Crippen molar-refractivity contribution in [2.45, 2.75) is 32.1 Å². The van der Waals surface area contributed by atoms with E-state index in [2.05, 4.69) is 11.4 Å². The first kappa shape index (κ1) is 17.9. The summed E-state index contributed by atoms with van der Waals surface area (Å²) in [5, 5.41) is 13.9. The van der Waals surface area contributed by atoms with Crippen LogP contribution in [0.3, 0.4) is 0 Å². The number of carbonyl (C=O) groups excluding carboxylic acids is 1. The van der Waals surface area contributed by atoms with Crippen LogP contribution >= 0.6 is 23.2 Å². The number of nitrogens with one attached hydrogen (secondary N) is 1. The van der Waals surface area contributed by atoms with Gasteiger partial charge in [-0.25, -0.2) is 0 Å². The summed E-state index contributed by atoms with van der Waals surface area (Å²) in [5.74, 6) is 0.788. The summed E-state index contributed by atoms with van der Waals surface area (Å²) in [6.07, 6.45) is 2.11. The largest absolute Gasteiger partial charge is 0.460 e. The van der Waals surface area contributed by atoms with Gasteiger partial charge in [-0.2, -0.15) is 5.26 Å². The molecule has 0 fully saturated rings. The van der Waals surface area contributed by atoms with E-state index in [0.29, 0.717) is 39.1 Å². The predicted octanol–water partition coefficient (Wildman–Crippen LogP) is 5.74. The number of nitriles is 1. The molecule has 0 amide bonds. The van der Waals surface area contributed by atoms with Crippen LogP contribution in [0, 0.1) is 11.3 Å². The predicted molar refractivity (Wildman–Crippen MR) is 104 cm³/mol. The monoisotopic (exact) mass is 398 g/mol. The Morgan fingerprint density at radius 1 is 1.19 bits per heavy atom. The van der Waals surface area contributed by atoms with Crippen molar-refractivity contribution in [1.29, 1.82) is 5.26 Å². The van der Waals surface area contributed by atoms with Crippen molar-refractivity contribution in [3.05, 3.63) is 68.7 Å². The fourth-order valence-electron chi connectivity index (χ4n) is 3.73. The van der Waals surface area contributed by atoms with E-state index in [9.17, 15) is 10.1 Å². The minimum atomic E-state index is -0.476. The van der Waals surface area contributed by atoms with Crippen LogP contribution in [0.4, 0.5) is 0 Å². The van der Waals surface area contributed by atoms with Gasteiger partial charge in [0.25, 0.3) is 0 Å². The second-order valence-corrected chi connectivity index (χ2v) is 7.52. The van der Waals surface area contributed by atoms with Crippen molar-refractivity contribution in [2.75, 3.05) is 0 Å². The van der Waals surface area contributed by atoms with E-state index in [1.807, 2.05) is 25.1 Å². The van der Waals surface area contributed by atoms with Crippen LogP contribution in [0.2, 0.25) is 10.0 Å². The van der Waals surface area contributed by atoms with Crippen LogP contribution in [0.15, 0.2) is 57.3 Å². The number of dihydropyridines is 1. The second-order valence-electron chi connectivity index (χ2n) is 6.71. The molecule has 2 aromatic rings. The summed E-state index contributed by atoms with van der Waals surface area (Å²) in [6, 6.07) is 11.2. The third-order valence-electron chi connectivity index (χ3n) is 5.01. The number of rotatable bonds is 2. The number of nitrogens with zero attached hydrogens (tertiary/aromatic N) is 1. The number of Topliss-reactive ketones (excluding diaryl/α,β-unsaturated/α-hetero) is 1. The number of allylic oxidation sites excluding steroid dienone is 4. The molecule has 6 heteroatoms. The molecule has 0 saturated carbocycles. The minimum absolute atomic E-state index is 0.0708. The number of benzene rings is 1. The highest BCUT2D eigenvalue weighted by Gasteiger charge is 2.37. The molecular formula is C21H16Cl2N2O2. The van der Waals surface area contributed by atoms with Crippen molar-refractivity contribution in [3.8, 4) is 17.4 Å². The highest BCUT2D eigenvalue weighted by molar-refractivity contribution is 6.42. The Bertz CT molecular complexity index is 1060. The van der Waals surface area contributed by atoms with Gasteiger partial charge in [-0.05, 0) is 50.1 Å². The fourth-order valence-corrected chi connectivity index (χ4v) is 4.03. The van der Waals surface area contributed by atoms with Gasteiger partial charge >= 0.3 is 0 Å². The van der Waals surface area contributed by atoms with Gasteiger partial charge in [0, 0.05) is 29.0 Å². The molecule has 1 N–H and O–H groups in total. The molecule has 1 aromatic carbocycles. The third kappa shape index (κ3) is 3.07. The number of hydrogen-bond acceptors (Lipinski definition) is 4.